The van der Waals surface area contributed by atoms with Crippen LogP contribution in [-0.2, 0) is 24.7 Å². The van der Waals surface area contributed by atoms with Crippen molar-refractivity contribution in [3.63, 3.8) is 0 Å². The number of hydrogen-bond acceptors (Lipinski definition) is 8. The number of sulfone groups is 1. The van der Waals surface area contributed by atoms with Crippen LogP contribution < -0.4 is 14.2 Å². The van der Waals surface area contributed by atoms with E-state index in [-0.39, 0.29) is 34.9 Å². The van der Waals surface area contributed by atoms with Crippen molar-refractivity contribution in [1.82, 2.24) is 14.5 Å². The first-order valence-corrected chi connectivity index (χ1v) is 13.7. The fraction of sp³-hybridized carbons (Fsp3) is 0.632. The number of rotatable bonds is 5. The minimum atomic E-state index is -3.89. The first-order chi connectivity index (χ1) is 14.7. The molecule has 0 aliphatic carbocycles. The van der Waals surface area contributed by atoms with Gasteiger partial charge in [-0.25, -0.2) is 21.6 Å². The van der Waals surface area contributed by atoms with Gasteiger partial charge in [0.05, 0.1) is 36.2 Å². The summed E-state index contributed by atoms with van der Waals surface area (Å²) in [5, 5.41) is 0. The Bertz CT molecular complexity index is 1030. The van der Waals surface area contributed by atoms with E-state index in [1.807, 2.05) is 0 Å². The molecule has 10 nitrogen and oxygen atoms in total. The zero-order chi connectivity index (χ0) is 22.1. The minimum Gasteiger partial charge on any atom is -0.490 e. The first-order valence-electron chi connectivity index (χ1n) is 10.4. The molecule has 1 aromatic rings. The molecular weight excluding hydrogens is 446 g/mol. The van der Waals surface area contributed by atoms with Crippen molar-refractivity contribution < 1.29 is 31.1 Å². The average molecular weight is 474 g/mol. The lowest BCUT2D eigenvalue weighted by atomic mass is 10.2. The van der Waals surface area contributed by atoms with E-state index in [9.17, 15) is 21.6 Å². The largest absolute Gasteiger partial charge is 0.490 e. The fourth-order valence-electron chi connectivity index (χ4n) is 4.06. The van der Waals surface area contributed by atoms with Crippen molar-refractivity contribution in [3.05, 3.63) is 18.2 Å². The summed E-state index contributed by atoms with van der Waals surface area (Å²) in [5.41, 5.74) is 0. The molecule has 0 bridgehead atoms. The van der Waals surface area contributed by atoms with Crippen LogP contribution in [0.3, 0.4) is 0 Å². The third-order valence-corrected chi connectivity index (χ3v) is 8.98. The van der Waals surface area contributed by atoms with Crippen molar-refractivity contribution in [2.24, 2.45) is 0 Å². The van der Waals surface area contributed by atoms with Crippen molar-refractivity contribution in [1.29, 1.82) is 0 Å². The van der Waals surface area contributed by atoms with Gasteiger partial charge >= 0.3 is 0 Å². The minimum absolute atomic E-state index is 0.0109. The van der Waals surface area contributed by atoms with E-state index in [1.165, 1.54) is 12.1 Å². The van der Waals surface area contributed by atoms with Crippen molar-refractivity contribution in [2.45, 2.75) is 23.8 Å². The Kier molecular flexibility index (Phi) is 6.42. The number of ether oxygens (including phenoxy) is 2. The zero-order valence-corrected chi connectivity index (χ0v) is 18.8. The lowest BCUT2D eigenvalue weighted by Gasteiger charge is -2.37. The van der Waals surface area contributed by atoms with E-state index in [0.29, 0.717) is 63.7 Å². The van der Waals surface area contributed by atoms with Gasteiger partial charge in [-0.15, -0.1) is 0 Å². The molecule has 0 aromatic heterocycles. The average Bonchev–Trinajstić information content (AvgIpc) is 2.96. The molecule has 1 aromatic carbocycles. The summed E-state index contributed by atoms with van der Waals surface area (Å²) in [7, 11) is -6.84. The maximum Gasteiger partial charge on any atom is 0.241 e. The Balaban J connectivity index is 1.30. The number of nitrogens with one attached hydrogen (secondary N) is 1. The predicted octanol–water partition coefficient (Wildman–Crippen LogP) is -0.542. The standard InChI is InChI=1S/C19H27N3O7S2/c23-19(22-7-5-21(6-8-22)15-4-11-30(24,25)14-15)13-20-31(26,27)16-2-3-17-18(12-16)29-10-1-9-28-17/h2-3,12,15,20H,1,4-11,13-14H2/t15-/m0/s1. The second-order valence-corrected chi connectivity index (χ2v) is 12.0. The highest BCUT2D eigenvalue weighted by Crippen LogP contribution is 2.31. The number of hydrogen-bond donors (Lipinski definition) is 1. The van der Waals surface area contributed by atoms with E-state index in [0.717, 1.165) is 0 Å². The maximum absolute atomic E-state index is 12.6. The number of carbonyl (C=O) groups is 1. The van der Waals surface area contributed by atoms with Gasteiger partial charge < -0.3 is 14.4 Å². The lowest BCUT2D eigenvalue weighted by molar-refractivity contribution is -0.131. The lowest BCUT2D eigenvalue weighted by Crippen LogP contribution is -2.53. The van der Waals surface area contributed by atoms with Crippen LogP contribution in [0, 0.1) is 0 Å². The van der Waals surface area contributed by atoms with Crippen molar-refractivity contribution >= 4 is 25.8 Å². The molecular formula is C19H27N3O7S2. The van der Waals surface area contributed by atoms with Crippen LogP contribution in [0.4, 0.5) is 0 Å². The summed E-state index contributed by atoms with van der Waals surface area (Å²) in [6, 6.07) is 4.40. The summed E-state index contributed by atoms with van der Waals surface area (Å²) in [5.74, 6) is 0.961. The van der Waals surface area contributed by atoms with Crippen LogP contribution in [-0.4, -0.2) is 96.0 Å². The Morgan fingerprint density at radius 3 is 2.48 bits per heavy atom. The molecule has 2 saturated heterocycles. The Labute approximate surface area is 182 Å². The van der Waals surface area contributed by atoms with Crippen molar-refractivity contribution in [2.75, 3.05) is 57.4 Å². The van der Waals surface area contributed by atoms with Gasteiger partial charge in [0.25, 0.3) is 0 Å². The van der Waals surface area contributed by atoms with Gasteiger partial charge in [0.15, 0.2) is 21.3 Å². The van der Waals surface area contributed by atoms with Crippen molar-refractivity contribution in [3.8, 4) is 11.5 Å². The molecule has 4 rings (SSSR count). The Hall–Kier alpha value is -1.89. The summed E-state index contributed by atoms with van der Waals surface area (Å²) in [6.45, 7) is 2.68. The molecule has 3 heterocycles. The molecule has 31 heavy (non-hydrogen) atoms. The van der Waals surface area contributed by atoms with Crippen LogP contribution in [0.25, 0.3) is 0 Å². The number of amides is 1. The number of sulfonamides is 1. The third-order valence-electron chi connectivity index (χ3n) is 5.83. The predicted molar refractivity (Wildman–Crippen MR) is 112 cm³/mol. The van der Waals surface area contributed by atoms with E-state index in [2.05, 4.69) is 9.62 Å². The molecule has 0 radical (unpaired) electrons. The third kappa shape index (κ3) is 5.30. The monoisotopic (exact) mass is 473 g/mol. The highest BCUT2D eigenvalue weighted by Gasteiger charge is 2.34. The SMILES string of the molecule is O=C(CNS(=O)(=O)c1ccc2c(c1)OCCCO2)N1CCN([C@H]2CCS(=O)(=O)C2)CC1. The van der Waals surface area contributed by atoms with Gasteiger partial charge in [-0.1, -0.05) is 0 Å². The van der Waals surface area contributed by atoms with E-state index >= 15 is 0 Å². The van der Waals surface area contributed by atoms with Gasteiger partial charge in [0, 0.05) is 44.7 Å². The van der Waals surface area contributed by atoms with Crippen LogP contribution in [0.15, 0.2) is 23.1 Å². The van der Waals surface area contributed by atoms with Gasteiger partial charge in [-0.05, 0) is 18.6 Å². The van der Waals surface area contributed by atoms with Gasteiger partial charge in [-0.2, -0.15) is 0 Å². The topological polar surface area (TPSA) is 122 Å². The molecule has 3 aliphatic rings. The molecule has 0 spiro atoms. The van der Waals surface area contributed by atoms with E-state index in [1.54, 1.807) is 11.0 Å². The highest BCUT2D eigenvalue weighted by atomic mass is 32.2. The Morgan fingerprint density at radius 1 is 1.10 bits per heavy atom. The van der Waals surface area contributed by atoms with Gasteiger partial charge in [-0.3, -0.25) is 9.69 Å². The van der Waals surface area contributed by atoms with Crippen LogP contribution in [0.5, 0.6) is 11.5 Å². The van der Waals surface area contributed by atoms with E-state index < -0.39 is 19.9 Å². The molecule has 1 atom stereocenters. The number of fused-ring (bicyclic) bond motifs is 1. The zero-order valence-electron chi connectivity index (χ0n) is 17.2. The molecule has 3 aliphatic heterocycles. The van der Waals surface area contributed by atoms with Crippen LogP contribution in [0.2, 0.25) is 0 Å². The summed E-state index contributed by atoms with van der Waals surface area (Å²) >= 11 is 0. The van der Waals surface area contributed by atoms with Crippen LogP contribution in [0.1, 0.15) is 12.8 Å². The molecule has 1 amide bonds. The summed E-state index contributed by atoms with van der Waals surface area (Å²) in [4.78, 5) is 16.3. The van der Waals surface area contributed by atoms with Gasteiger partial charge in [0.1, 0.15) is 0 Å². The normalized spacial score (nSPS) is 24.0. The highest BCUT2D eigenvalue weighted by molar-refractivity contribution is 7.91. The fourth-order valence-corrected chi connectivity index (χ4v) is 6.81. The molecule has 12 heteroatoms. The molecule has 172 valence electrons. The quantitative estimate of drug-likeness (QED) is 0.605. The molecule has 2 fully saturated rings. The Morgan fingerprint density at radius 2 is 1.81 bits per heavy atom. The van der Waals surface area contributed by atoms with Gasteiger partial charge in [0.2, 0.25) is 15.9 Å². The van der Waals surface area contributed by atoms with E-state index in [4.69, 9.17) is 9.47 Å². The number of carbonyl (C=O) groups excluding carboxylic acids is 1. The second-order valence-electron chi connectivity index (χ2n) is 7.96. The maximum atomic E-state index is 12.6. The smallest absolute Gasteiger partial charge is 0.241 e. The number of piperazine rings is 1. The summed E-state index contributed by atoms with van der Waals surface area (Å²) < 4.78 is 62.0. The summed E-state index contributed by atoms with van der Waals surface area (Å²) in [6.07, 6.45) is 1.35. The first kappa shape index (κ1) is 22.3. The molecule has 1 N–H and O–H groups in total. The molecule has 0 unspecified atom stereocenters. The van der Waals surface area contributed by atoms with Crippen LogP contribution >= 0.6 is 0 Å². The second kappa shape index (κ2) is 8.93. The molecule has 0 saturated carbocycles. The number of nitrogens with zero attached hydrogens (tertiary/aromatic N) is 2. The number of benzene rings is 1.